The van der Waals surface area contributed by atoms with Crippen molar-refractivity contribution in [1.82, 2.24) is 25.1 Å². The van der Waals surface area contributed by atoms with Crippen LogP contribution in [0.2, 0.25) is 0 Å². The van der Waals surface area contributed by atoms with Crippen molar-refractivity contribution < 1.29 is 14.4 Å². The van der Waals surface area contributed by atoms with Gasteiger partial charge in [0.1, 0.15) is 18.8 Å². The highest BCUT2D eigenvalue weighted by atomic mass is 16.2. The fraction of sp³-hybridized carbons (Fsp3) is 0.407. The van der Waals surface area contributed by atoms with Crippen molar-refractivity contribution in [3.8, 4) is 6.07 Å². The molecule has 36 heavy (non-hydrogen) atoms. The Morgan fingerprint density at radius 3 is 2.50 bits per heavy atom. The third kappa shape index (κ3) is 5.19. The van der Waals surface area contributed by atoms with Crippen molar-refractivity contribution in [1.29, 1.82) is 5.26 Å². The van der Waals surface area contributed by atoms with E-state index in [4.69, 9.17) is 0 Å². The van der Waals surface area contributed by atoms with Crippen LogP contribution in [0.4, 0.5) is 4.79 Å². The van der Waals surface area contributed by atoms with Crippen molar-refractivity contribution in [2.75, 3.05) is 19.6 Å². The quantitative estimate of drug-likeness (QED) is 0.630. The zero-order valence-electron chi connectivity index (χ0n) is 20.9. The molecule has 0 bridgehead atoms. The summed E-state index contributed by atoms with van der Waals surface area (Å²) in [6.07, 6.45) is -0.717. The monoisotopic (exact) mass is 488 g/mol. The predicted octanol–water partition coefficient (Wildman–Crippen LogP) is 2.48. The molecule has 2 aromatic carbocycles. The Kier molecular flexibility index (Phi) is 7.55. The molecule has 0 aromatic heterocycles. The first kappa shape index (κ1) is 25.2. The second-order valence-electron chi connectivity index (χ2n) is 9.65. The molecule has 0 spiro atoms. The van der Waals surface area contributed by atoms with Crippen molar-refractivity contribution in [3.05, 3.63) is 71.3 Å². The smallest absolute Gasteiger partial charge is 0.333 e. The van der Waals surface area contributed by atoms with Gasteiger partial charge in [0.05, 0.1) is 19.2 Å². The van der Waals surface area contributed by atoms with E-state index < -0.39 is 18.2 Å². The molecule has 2 aliphatic heterocycles. The van der Waals surface area contributed by atoms with Crippen LogP contribution in [0, 0.1) is 24.2 Å². The summed E-state index contributed by atoms with van der Waals surface area (Å²) in [6.45, 7) is 6.39. The number of urea groups is 1. The average Bonchev–Trinajstić information content (AvgIpc) is 2.84. The molecule has 0 saturated carbocycles. The number of carbonyl (C=O) groups is 3. The molecule has 2 heterocycles. The van der Waals surface area contributed by atoms with Gasteiger partial charge in [0.2, 0.25) is 11.8 Å². The van der Waals surface area contributed by atoms with E-state index in [1.165, 1.54) is 10.0 Å². The fourth-order valence-electron chi connectivity index (χ4n) is 5.00. The maximum Gasteiger partial charge on any atom is 0.334 e. The highest BCUT2D eigenvalue weighted by Crippen LogP contribution is 2.30. The second kappa shape index (κ2) is 10.8. The molecule has 0 radical (unpaired) electrons. The van der Waals surface area contributed by atoms with Gasteiger partial charge in [0.15, 0.2) is 0 Å². The van der Waals surface area contributed by atoms with E-state index in [0.29, 0.717) is 13.1 Å². The van der Waals surface area contributed by atoms with E-state index in [2.05, 4.69) is 11.4 Å². The standard InChI is InChI=1S/C27H32N6O3/c1-19(2)25-26(35)30(16-22-11-7-8-20(3)14-22)17-23-32(25)24(34)18-31(13-12-28)33(23)27(36)29-15-21-9-5-4-6-10-21/h4-11,14,19,23,25H,13,15-18H2,1-3H3,(H,29,36)/t23?,25-/m0/s1. The maximum absolute atomic E-state index is 13.6. The van der Waals surface area contributed by atoms with E-state index in [-0.39, 0.29) is 37.4 Å². The van der Waals surface area contributed by atoms with Gasteiger partial charge in [-0.25, -0.2) is 9.80 Å². The summed E-state index contributed by atoms with van der Waals surface area (Å²) >= 11 is 0. The van der Waals surface area contributed by atoms with Gasteiger partial charge in [0, 0.05) is 13.1 Å². The van der Waals surface area contributed by atoms with Crippen LogP contribution in [0.15, 0.2) is 54.6 Å². The molecule has 4 rings (SSSR count). The molecule has 2 aromatic rings. The maximum atomic E-state index is 13.6. The lowest BCUT2D eigenvalue weighted by Crippen LogP contribution is -2.77. The summed E-state index contributed by atoms with van der Waals surface area (Å²) in [5.41, 5.74) is 3.01. The summed E-state index contributed by atoms with van der Waals surface area (Å²) in [7, 11) is 0. The molecule has 2 aliphatic rings. The first-order valence-electron chi connectivity index (χ1n) is 12.2. The van der Waals surface area contributed by atoms with Crippen LogP contribution in [-0.2, 0) is 22.7 Å². The topological polar surface area (TPSA) is 100.0 Å². The predicted molar refractivity (Wildman–Crippen MR) is 134 cm³/mol. The van der Waals surface area contributed by atoms with Gasteiger partial charge in [-0.2, -0.15) is 10.3 Å². The Morgan fingerprint density at radius 1 is 1.11 bits per heavy atom. The Labute approximate surface area is 211 Å². The number of hydrazine groups is 1. The number of piperazine rings is 1. The molecule has 1 unspecified atom stereocenters. The Hall–Kier alpha value is -3.90. The number of carbonyl (C=O) groups excluding carboxylic acids is 3. The Morgan fingerprint density at radius 2 is 1.83 bits per heavy atom. The summed E-state index contributed by atoms with van der Waals surface area (Å²) < 4.78 is 0. The molecule has 2 fully saturated rings. The van der Waals surface area contributed by atoms with Crippen LogP contribution in [0.5, 0.6) is 0 Å². The number of fused-ring (bicyclic) bond motifs is 1. The van der Waals surface area contributed by atoms with Crippen molar-refractivity contribution in [2.45, 2.75) is 46.1 Å². The first-order valence-corrected chi connectivity index (χ1v) is 12.2. The van der Waals surface area contributed by atoms with Gasteiger partial charge in [-0.05, 0) is 24.0 Å². The van der Waals surface area contributed by atoms with E-state index in [0.717, 1.165) is 16.7 Å². The lowest BCUT2D eigenvalue weighted by Gasteiger charge is -2.55. The molecule has 2 atom stereocenters. The summed E-state index contributed by atoms with van der Waals surface area (Å²) in [4.78, 5) is 43.7. The Bertz CT molecular complexity index is 1160. The zero-order chi connectivity index (χ0) is 25.8. The SMILES string of the molecule is Cc1cccc(CN2CC3N(C(=O)CN(CC#N)N3C(=O)NCc3ccccc3)[C@@H](C(C)C)C2=O)c1. The van der Waals surface area contributed by atoms with Gasteiger partial charge in [0.25, 0.3) is 0 Å². The van der Waals surface area contributed by atoms with E-state index in [9.17, 15) is 19.6 Å². The normalized spacial score (nSPS) is 20.4. The molecule has 188 valence electrons. The number of nitrogens with one attached hydrogen (secondary N) is 1. The molecule has 0 aliphatic carbocycles. The summed E-state index contributed by atoms with van der Waals surface area (Å²) in [6, 6.07) is 18.4. The van der Waals surface area contributed by atoms with E-state index >= 15 is 0 Å². The largest absolute Gasteiger partial charge is 0.334 e. The van der Waals surface area contributed by atoms with E-state index in [1.54, 1.807) is 9.80 Å². The number of nitriles is 1. The number of benzene rings is 2. The second-order valence-corrected chi connectivity index (χ2v) is 9.65. The van der Waals surface area contributed by atoms with Crippen molar-refractivity contribution in [3.63, 3.8) is 0 Å². The minimum atomic E-state index is -0.717. The van der Waals surface area contributed by atoms with Crippen molar-refractivity contribution in [2.24, 2.45) is 5.92 Å². The van der Waals surface area contributed by atoms with Crippen LogP contribution in [0.3, 0.4) is 0 Å². The molecule has 2 saturated heterocycles. The summed E-state index contributed by atoms with van der Waals surface area (Å²) in [5, 5.41) is 15.3. The third-order valence-electron chi connectivity index (χ3n) is 6.60. The fourth-order valence-corrected chi connectivity index (χ4v) is 5.00. The highest BCUT2D eigenvalue weighted by molar-refractivity contribution is 5.91. The number of hydrogen-bond acceptors (Lipinski definition) is 5. The van der Waals surface area contributed by atoms with Crippen LogP contribution in [0.1, 0.15) is 30.5 Å². The van der Waals surface area contributed by atoms with Crippen LogP contribution >= 0.6 is 0 Å². The molecule has 1 N–H and O–H groups in total. The molecule has 4 amide bonds. The number of aryl methyl sites for hydroxylation is 1. The number of nitrogens with zero attached hydrogens (tertiary/aromatic N) is 5. The summed E-state index contributed by atoms with van der Waals surface area (Å²) in [5.74, 6) is -0.542. The van der Waals surface area contributed by atoms with Crippen LogP contribution in [-0.4, -0.2) is 69.5 Å². The first-order chi connectivity index (χ1) is 17.3. The minimum Gasteiger partial charge on any atom is -0.333 e. The molecular weight excluding hydrogens is 456 g/mol. The van der Waals surface area contributed by atoms with Crippen molar-refractivity contribution >= 4 is 17.8 Å². The van der Waals surface area contributed by atoms with Gasteiger partial charge < -0.3 is 15.1 Å². The van der Waals surface area contributed by atoms with Gasteiger partial charge in [-0.1, -0.05) is 74.0 Å². The number of hydrogen-bond donors (Lipinski definition) is 1. The van der Waals surface area contributed by atoms with E-state index in [1.807, 2.05) is 75.4 Å². The van der Waals surface area contributed by atoms with Crippen LogP contribution in [0.25, 0.3) is 0 Å². The zero-order valence-corrected chi connectivity index (χ0v) is 20.9. The lowest BCUT2D eigenvalue weighted by atomic mass is 9.95. The minimum absolute atomic E-state index is 0.118. The van der Waals surface area contributed by atoms with Gasteiger partial charge >= 0.3 is 6.03 Å². The number of amides is 4. The van der Waals surface area contributed by atoms with Gasteiger partial charge in [-0.3, -0.25) is 9.59 Å². The highest BCUT2D eigenvalue weighted by Gasteiger charge is 2.52. The lowest BCUT2D eigenvalue weighted by molar-refractivity contribution is -0.192. The number of rotatable bonds is 6. The van der Waals surface area contributed by atoms with Gasteiger partial charge in [-0.15, -0.1) is 0 Å². The van der Waals surface area contributed by atoms with Crippen LogP contribution < -0.4 is 5.32 Å². The third-order valence-corrected chi connectivity index (χ3v) is 6.60. The molecular formula is C27H32N6O3. The molecule has 9 nitrogen and oxygen atoms in total. The Balaban J connectivity index is 1.66. The molecule has 9 heteroatoms. The average molecular weight is 489 g/mol.